The summed E-state index contributed by atoms with van der Waals surface area (Å²) < 4.78 is 6.76. The van der Waals surface area contributed by atoms with Gasteiger partial charge in [-0.25, -0.2) is 4.98 Å². The van der Waals surface area contributed by atoms with Crippen LogP contribution < -0.4 is 10.3 Å². The Hall–Kier alpha value is -2.67. The van der Waals surface area contributed by atoms with Gasteiger partial charge in [0.25, 0.3) is 5.56 Å². The molecule has 0 fully saturated rings. The molecule has 0 radical (unpaired) electrons. The van der Waals surface area contributed by atoms with Crippen LogP contribution >= 0.6 is 0 Å². The van der Waals surface area contributed by atoms with Crippen molar-refractivity contribution in [2.75, 3.05) is 14.2 Å². The zero-order valence-electron chi connectivity index (χ0n) is 13.4. The molecule has 0 aliphatic heterocycles. The van der Waals surface area contributed by atoms with Gasteiger partial charge in [-0.15, -0.1) is 0 Å². The second-order valence-corrected chi connectivity index (χ2v) is 5.54. The van der Waals surface area contributed by atoms with Crippen molar-refractivity contribution in [3.63, 3.8) is 0 Å². The summed E-state index contributed by atoms with van der Waals surface area (Å²) in [5, 5.41) is 4.58. The zero-order chi connectivity index (χ0) is 16.4. The highest BCUT2D eigenvalue weighted by molar-refractivity contribution is 5.72. The van der Waals surface area contributed by atoms with Gasteiger partial charge in [0, 0.05) is 13.6 Å². The van der Waals surface area contributed by atoms with Crippen LogP contribution in [0.15, 0.2) is 35.3 Å². The highest BCUT2D eigenvalue weighted by atomic mass is 16.5. The topological polar surface area (TPSA) is 76.0 Å². The summed E-state index contributed by atoms with van der Waals surface area (Å²) in [5.41, 5.74) is 1.61. The number of aryl methyl sites for hydroxylation is 1. The minimum Gasteiger partial charge on any atom is -0.497 e. The summed E-state index contributed by atoms with van der Waals surface area (Å²) >= 11 is 0. The second-order valence-electron chi connectivity index (χ2n) is 5.54. The Balaban J connectivity index is 1.75. The van der Waals surface area contributed by atoms with Crippen LogP contribution in [0, 0.1) is 0 Å². The molecule has 23 heavy (non-hydrogen) atoms. The maximum absolute atomic E-state index is 12.0. The standard InChI is InChI=1S/C16H19N5O2/c1-20(9-11-4-6-12(23-3)7-5-11)10-14-18-15-13(16(22)19-14)8-17-21(15)2/h4-8H,9-10H2,1-3H3,(H,18,19,22). The van der Waals surface area contributed by atoms with Crippen LogP contribution in [0.25, 0.3) is 11.0 Å². The molecule has 0 saturated heterocycles. The first kappa shape index (κ1) is 15.2. The predicted molar refractivity (Wildman–Crippen MR) is 87.3 cm³/mol. The highest BCUT2D eigenvalue weighted by Crippen LogP contribution is 2.13. The number of ether oxygens (including phenoxy) is 1. The summed E-state index contributed by atoms with van der Waals surface area (Å²) in [6, 6.07) is 7.92. The van der Waals surface area contributed by atoms with Crippen LogP contribution in [-0.2, 0) is 20.1 Å². The number of methoxy groups -OCH3 is 1. The van der Waals surface area contributed by atoms with E-state index in [0.29, 0.717) is 23.4 Å². The van der Waals surface area contributed by atoms with Gasteiger partial charge in [0.1, 0.15) is 17.0 Å². The number of hydrogen-bond donors (Lipinski definition) is 1. The lowest BCUT2D eigenvalue weighted by Crippen LogP contribution is -2.22. The number of nitrogens with zero attached hydrogens (tertiary/aromatic N) is 4. The van der Waals surface area contributed by atoms with Gasteiger partial charge in [-0.1, -0.05) is 12.1 Å². The smallest absolute Gasteiger partial charge is 0.262 e. The van der Waals surface area contributed by atoms with Gasteiger partial charge in [0.05, 0.1) is 19.9 Å². The largest absolute Gasteiger partial charge is 0.497 e. The summed E-state index contributed by atoms with van der Waals surface area (Å²) in [7, 11) is 5.41. The van der Waals surface area contributed by atoms with Crippen molar-refractivity contribution in [3.8, 4) is 5.75 Å². The fourth-order valence-electron chi connectivity index (χ4n) is 2.51. The molecule has 7 nitrogen and oxygen atoms in total. The number of rotatable bonds is 5. The first-order valence-electron chi connectivity index (χ1n) is 7.29. The third-order valence-corrected chi connectivity index (χ3v) is 3.68. The molecule has 3 aromatic rings. The summed E-state index contributed by atoms with van der Waals surface area (Å²) in [6.07, 6.45) is 1.53. The van der Waals surface area contributed by atoms with Crippen molar-refractivity contribution in [2.45, 2.75) is 13.1 Å². The maximum atomic E-state index is 12.0. The van der Waals surface area contributed by atoms with E-state index < -0.39 is 0 Å². The minimum atomic E-state index is -0.157. The molecular formula is C16H19N5O2. The number of aromatic nitrogens is 4. The summed E-state index contributed by atoms with van der Waals surface area (Å²) in [5.74, 6) is 1.46. The predicted octanol–water partition coefficient (Wildman–Crippen LogP) is 1.30. The van der Waals surface area contributed by atoms with Crippen molar-refractivity contribution >= 4 is 11.0 Å². The number of aromatic amines is 1. The lowest BCUT2D eigenvalue weighted by atomic mass is 10.2. The van der Waals surface area contributed by atoms with Gasteiger partial charge >= 0.3 is 0 Å². The minimum absolute atomic E-state index is 0.157. The fraction of sp³-hybridized carbons (Fsp3) is 0.312. The Labute approximate surface area is 133 Å². The second kappa shape index (κ2) is 6.21. The van der Waals surface area contributed by atoms with Crippen molar-refractivity contribution in [1.29, 1.82) is 0 Å². The van der Waals surface area contributed by atoms with Crippen LogP contribution in [0.2, 0.25) is 0 Å². The number of fused-ring (bicyclic) bond motifs is 1. The highest BCUT2D eigenvalue weighted by Gasteiger charge is 2.10. The van der Waals surface area contributed by atoms with Gasteiger partial charge in [-0.2, -0.15) is 5.10 Å². The quantitative estimate of drug-likeness (QED) is 0.768. The van der Waals surface area contributed by atoms with E-state index in [2.05, 4.69) is 20.0 Å². The van der Waals surface area contributed by atoms with Crippen LogP contribution in [0.3, 0.4) is 0 Å². The van der Waals surface area contributed by atoms with Gasteiger partial charge < -0.3 is 9.72 Å². The molecule has 2 aromatic heterocycles. The molecule has 1 aromatic carbocycles. The lowest BCUT2D eigenvalue weighted by Gasteiger charge is -2.16. The van der Waals surface area contributed by atoms with Gasteiger partial charge in [0.2, 0.25) is 0 Å². The van der Waals surface area contributed by atoms with Crippen molar-refractivity contribution in [2.24, 2.45) is 7.05 Å². The number of nitrogens with one attached hydrogen (secondary N) is 1. The molecule has 0 amide bonds. The molecule has 0 unspecified atom stereocenters. The molecule has 0 bridgehead atoms. The van der Waals surface area contributed by atoms with E-state index in [-0.39, 0.29) is 5.56 Å². The monoisotopic (exact) mass is 313 g/mol. The third kappa shape index (κ3) is 3.24. The molecule has 3 rings (SSSR count). The van der Waals surface area contributed by atoms with E-state index in [1.54, 1.807) is 18.8 Å². The average molecular weight is 313 g/mol. The zero-order valence-corrected chi connectivity index (χ0v) is 13.4. The Kier molecular flexibility index (Phi) is 4.12. The molecule has 0 saturated carbocycles. The molecule has 0 aliphatic rings. The van der Waals surface area contributed by atoms with Gasteiger partial charge in [-0.05, 0) is 24.7 Å². The first-order chi connectivity index (χ1) is 11.1. The molecular weight excluding hydrogens is 294 g/mol. The fourth-order valence-corrected chi connectivity index (χ4v) is 2.51. The van der Waals surface area contributed by atoms with E-state index in [9.17, 15) is 4.79 Å². The first-order valence-corrected chi connectivity index (χ1v) is 7.29. The van der Waals surface area contributed by atoms with Crippen molar-refractivity contribution < 1.29 is 4.74 Å². The Morgan fingerprint density at radius 2 is 2.00 bits per heavy atom. The van der Waals surface area contributed by atoms with E-state index in [4.69, 9.17) is 4.74 Å². The van der Waals surface area contributed by atoms with E-state index in [1.165, 1.54) is 6.20 Å². The van der Waals surface area contributed by atoms with Crippen molar-refractivity contribution in [1.82, 2.24) is 24.6 Å². The normalized spacial score (nSPS) is 11.3. The van der Waals surface area contributed by atoms with Crippen LogP contribution in [0.5, 0.6) is 5.75 Å². The summed E-state index contributed by atoms with van der Waals surface area (Å²) in [6.45, 7) is 1.29. The molecule has 1 N–H and O–H groups in total. The molecule has 0 atom stereocenters. The van der Waals surface area contributed by atoms with E-state index in [1.807, 2.05) is 31.3 Å². The molecule has 7 heteroatoms. The maximum Gasteiger partial charge on any atom is 0.262 e. The average Bonchev–Trinajstić information content (AvgIpc) is 2.90. The molecule has 0 spiro atoms. The Morgan fingerprint density at radius 3 is 2.70 bits per heavy atom. The van der Waals surface area contributed by atoms with Gasteiger partial charge in [-0.3, -0.25) is 14.4 Å². The molecule has 120 valence electrons. The van der Waals surface area contributed by atoms with Gasteiger partial charge in [0.15, 0.2) is 5.65 Å². The molecule has 2 heterocycles. The Bertz CT molecular complexity index is 866. The Morgan fingerprint density at radius 1 is 1.26 bits per heavy atom. The van der Waals surface area contributed by atoms with Crippen LogP contribution in [0.1, 0.15) is 11.4 Å². The lowest BCUT2D eigenvalue weighted by molar-refractivity contribution is 0.310. The number of benzene rings is 1. The summed E-state index contributed by atoms with van der Waals surface area (Å²) in [4.78, 5) is 21.4. The third-order valence-electron chi connectivity index (χ3n) is 3.68. The number of H-pyrrole nitrogens is 1. The number of hydrogen-bond acceptors (Lipinski definition) is 5. The van der Waals surface area contributed by atoms with Crippen molar-refractivity contribution in [3.05, 3.63) is 52.2 Å². The van der Waals surface area contributed by atoms with E-state index in [0.717, 1.165) is 17.9 Å². The van der Waals surface area contributed by atoms with Crippen LogP contribution in [0.4, 0.5) is 0 Å². The SMILES string of the molecule is COc1ccc(CN(C)Cc2nc3c(cnn3C)c(=O)[nH]2)cc1. The van der Waals surface area contributed by atoms with Crippen LogP contribution in [-0.4, -0.2) is 38.8 Å². The van der Waals surface area contributed by atoms with E-state index >= 15 is 0 Å². The molecule has 0 aliphatic carbocycles.